The number of hydrogen-bond acceptors (Lipinski definition) is 4. The van der Waals surface area contributed by atoms with Gasteiger partial charge in [0.25, 0.3) is 0 Å². The number of halogens is 5. The smallest absolute Gasteiger partial charge is 0.475 e. The topological polar surface area (TPSA) is 79.2 Å². The highest BCUT2D eigenvalue weighted by molar-refractivity contribution is 5.73. The summed E-state index contributed by atoms with van der Waals surface area (Å²) in [4.78, 5) is 13.5. The van der Waals surface area contributed by atoms with Gasteiger partial charge >= 0.3 is 12.1 Å². The van der Waals surface area contributed by atoms with Gasteiger partial charge in [-0.05, 0) is 50.3 Å². The predicted octanol–water partition coefficient (Wildman–Crippen LogP) is 3.51. The quantitative estimate of drug-likeness (QED) is 0.596. The summed E-state index contributed by atoms with van der Waals surface area (Å²) in [6, 6.07) is 5.45. The van der Waals surface area contributed by atoms with E-state index in [1.165, 1.54) is 31.4 Å². The van der Waals surface area contributed by atoms with Crippen molar-refractivity contribution in [2.75, 3.05) is 6.54 Å². The van der Waals surface area contributed by atoms with Crippen LogP contribution in [0.15, 0.2) is 24.4 Å². The molecular weight excluding hydrogens is 447 g/mol. The Labute approximate surface area is 187 Å². The number of alkyl halides is 3. The van der Waals surface area contributed by atoms with Crippen molar-refractivity contribution in [3.8, 4) is 11.3 Å². The van der Waals surface area contributed by atoms with Gasteiger partial charge in [-0.3, -0.25) is 0 Å². The number of carboxylic acid groups (broad SMARTS) is 1. The molecule has 4 unspecified atom stereocenters. The van der Waals surface area contributed by atoms with Gasteiger partial charge in [-0.2, -0.15) is 13.2 Å². The van der Waals surface area contributed by atoms with Gasteiger partial charge in [0.05, 0.1) is 5.69 Å². The van der Waals surface area contributed by atoms with Crippen molar-refractivity contribution in [3.05, 3.63) is 41.9 Å². The molecule has 0 amide bonds. The average Bonchev–Trinajstić information content (AvgIpc) is 3.33. The van der Waals surface area contributed by atoms with Gasteiger partial charge in [-0.25, -0.2) is 18.6 Å². The molecule has 180 valence electrons. The Bertz CT molecular complexity index is 1010. The lowest BCUT2D eigenvalue weighted by atomic mass is 9.85. The van der Waals surface area contributed by atoms with Crippen molar-refractivity contribution in [2.24, 2.45) is 5.92 Å². The van der Waals surface area contributed by atoms with E-state index < -0.39 is 23.8 Å². The summed E-state index contributed by atoms with van der Waals surface area (Å²) >= 11 is 0. The predicted molar refractivity (Wildman–Crippen MR) is 109 cm³/mol. The number of aromatic nitrogens is 2. The highest BCUT2D eigenvalue weighted by Gasteiger charge is 2.38. The molecule has 1 saturated carbocycles. The summed E-state index contributed by atoms with van der Waals surface area (Å²) in [7, 11) is 0. The van der Waals surface area contributed by atoms with Crippen molar-refractivity contribution in [1.29, 1.82) is 0 Å². The molecule has 2 aromatic rings. The minimum Gasteiger partial charge on any atom is -0.475 e. The second-order valence-corrected chi connectivity index (χ2v) is 8.81. The van der Waals surface area contributed by atoms with Crippen LogP contribution in [0.3, 0.4) is 0 Å². The molecule has 3 heterocycles. The zero-order valence-corrected chi connectivity index (χ0v) is 17.7. The van der Waals surface area contributed by atoms with Crippen LogP contribution >= 0.6 is 0 Å². The van der Waals surface area contributed by atoms with E-state index in [1.54, 1.807) is 0 Å². The number of carboxylic acids is 1. The number of aliphatic carboxylic acids is 1. The van der Waals surface area contributed by atoms with Gasteiger partial charge in [-0.15, -0.1) is 0 Å². The summed E-state index contributed by atoms with van der Waals surface area (Å²) in [6.45, 7) is 2.00. The fraction of sp³-hybridized carbons (Fsp3) is 0.545. The molecule has 4 atom stereocenters. The number of fused-ring (bicyclic) bond motifs is 3. The van der Waals surface area contributed by atoms with Gasteiger partial charge in [0.15, 0.2) is 0 Å². The van der Waals surface area contributed by atoms with Gasteiger partial charge in [0.1, 0.15) is 17.5 Å². The Morgan fingerprint density at radius 3 is 2.67 bits per heavy atom. The molecule has 2 bridgehead atoms. The lowest BCUT2D eigenvalue weighted by molar-refractivity contribution is -0.192. The second-order valence-electron chi connectivity index (χ2n) is 8.81. The molecule has 33 heavy (non-hydrogen) atoms. The maximum absolute atomic E-state index is 14.1. The molecule has 1 aromatic heterocycles. The Balaban J connectivity index is 0.000000325. The average molecular weight is 472 g/mol. The summed E-state index contributed by atoms with van der Waals surface area (Å²) < 4.78 is 61.1. The van der Waals surface area contributed by atoms with Gasteiger partial charge < -0.3 is 20.3 Å². The zero-order chi connectivity index (χ0) is 23.8. The van der Waals surface area contributed by atoms with Crippen LogP contribution in [0.25, 0.3) is 11.3 Å². The third kappa shape index (κ3) is 5.52. The molecule has 11 heteroatoms. The monoisotopic (exact) mass is 472 g/mol. The number of rotatable bonds is 3. The molecule has 2 aliphatic heterocycles. The van der Waals surface area contributed by atoms with Crippen molar-refractivity contribution < 1.29 is 31.9 Å². The molecule has 2 fully saturated rings. The maximum Gasteiger partial charge on any atom is 0.490 e. The first kappa shape index (κ1) is 23.6. The molecule has 0 spiro atoms. The summed E-state index contributed by atoms with van der Waals surface area (Å²) in [5.74, 6) is -2.13. The van der Waals surface area contributed by atoms with Crippen LogP contribution in [-0.2, 0) is 17.8 Å². The van der Waals surface area contributed by atoms with Crippen LogP contribution in [0.4, 0.5) is 22.0 Å². The molecule has 1 saturated heterocycles. The number of carbonyl (C=O) groups is 1. The van der Waals surface area contributed by atoms with E-state index in [2.05, 4.69) is 20.2 Å². The van der Waals surface area contributed by atoms with E-state index in [0.29, 0.717) is 23.3 Å². The molecule has 6 nitrogen and oxygen atoms in total. The number of benzene rings is 1. The maximum atomic E-state index is 14.1. The molecule has 1 aromatic carbocycles. The highest BCUT2D eigenvalue weighted by Crippen LogP contribution is 2.31. The largest absolute Gasteiger partial charge is 0.490 e. The van der Waals surface area contributed by atoms with Crippen molar-refractivity contribution in [3.63, 3.8) is 0 Å². The van der Waals surface area contributed by atoms with E-state index in [4.69, 9.17) is 9.90 Å². The van der Waals surface area contributed by atoms with Crippen LogP contribution in [0.5, 0.6) is 0 Å². The Morgan fingerprint density at radius 2 is 1.97 bits per heavy atom. The zero-order valence-electron chi connectivity index (χ0n) is 17.7. The minimum absolute atomic E-state index is 0.369. The summed E-state index contributed by atoms with van der Waals surface area (Å²) in [5.41, 5.74) is 0.965. The second kappa shape index (κ2) is 9.38. The van der Waals surface area contributed by atoms with Crippen LogP contribution in [-0.4, -0.2) is 51.5 Å². The van der Waals surface area contributed by atoms with E-state index in [9.17, 15) is 22.0 Å². The van der Waals surface area contributed by atoms with Crippen LogP contribution in [0, 0.1) is 17.6 Å². The van der Waals surface area contributed by atoms with E-state index >= 15 is 0 Å². The highest BCUT2D eigenvalue weighted by atomic mass is 19.4. The number of imidazole rings is 1. The number of nitrogens with one attached hydrogen (secondary N) is 2. The third-order valence-corrected chi connectivity index (χ3v) is 6.54. The fourth-order valence-electron chi connectivity index (χ4n) is 4.92. The van der Waals surface area contributed by atoms with Crippen LogP contribution < -0.4 is 10.6 Å². The normalized spacial score (nSPS) is 26.3. The SMILES string of the molecule is Fc1ccc(-c2cn3c(n2)CCC(NC2CCC4CC2CN4)C3)c(F)c1.O=C(O)C(F)(F)F. The molecule has 3 N–H and O–H groups in total. The number of hydrogen-bond donors (Lipinski definition) is 3. The summed E-state index contributed by atoms with van der Waals surface area (Å²) in [6.07, 6.45) is 2.59. The van der Waals surface area contributed by atoms with Crippen molar-refractivity contribution in [1.82, 2.24) is 20.2 Å². The van der Waals surface area contributed by atoms with Crippen molar-refractivity contribution >= 4 is 5.97 Å². The van der Waals surface area contributed by atoms with Crippen LogP contribution in [0.2, 0.25) is 0 Å². The first-order valence-corrected chi connectivity index (χ1v) is 10.9. The summed E-state index contributed by atoms with van der Waals surface area (Å²) in [5, 5.41) is 14.6. The van der Waals surface area contributed by atoms with E-state index in [-0.39, 0.29) is 0 Å². The molecule has 3 aliphatic rings. The number of aryl methyl sites for hydroxylation is 1. The first-order chi connectivity index (χ1) is 15.6. The molecule has 5 rings (SSSR count). The lowest BCUT2D eigenvalue weighted by Crippen LogP contribution is -2.47. The molecule has 1 aliphatic carbocycles. The third-order valence-electron chi connectivity index (χ3n) is 6.54. The van der Waals surface area contributed by atoms with Crippen molar-refractivity contribution in [2.45, 2.75) is 63.0 Å². The lowest BCUT2D eigenvalue weighted by Gasteiger charge is -2.34. The van der Waals surface area contributed by atoms with E-state index in [0.717, 1.165) is 49.8 Å². The fourth-order valence-corrected chi connectivity index (χ4v) is 4.92. The van der Waals surface area contributed by atoms with Crippen LogP contribution in [0.1, 0.15) is 31.5 Å². The Morgan fingerprint density at radius 1 is 1.21 bits per heavy atom. The van der Waals surface area contributed by atoms with Gasteiger partial charge in [-0.1, -0.05) is 0 Å². The number of nitrogens with zero attached hydrogens (tertiary/aromatic N) is 2. The standard InChI is InChI=1S/C20H24F2N4.C2HF3O2/c21-13-1-4-16(17(22)8-13)19-11-26-10-15(3-6-20(26)25-19)24-18-5-2-14-7-12(18)9-23-14;3-2(4,5)1(6)7/h1,4,8,11-12,14-15,18,23-24H,2-3,5-7,9-10H2;(H,6,7). The Kier molecular flexibility index (Phi) is 6.71. The molecule has 0 radical (unpaired) electrons. The van der Waals surface area contributed by atoms with Gasteiger partial charge in [0.2, 0.25) is 0 Å². The molecular formula is C22H25F5N4O2. The minimum atomic E-state index is -5.08. The Hall–Kier alpha value is -2.53. The van der Waals surface area contributed by atoms with E-state index in [1.807, 2.05) is 6.20 Å². The first-order valence-electron chi connectivity index (χ1n) is 10.9. The van der Waals surface area contributed by atoms with Gasteiger partial charge in [0, 0.05) is 48.9 Å².